The van der Waals surface area contributed by atoms with Crippen molar-refractivity contribution in [3.8, 4) is 10.6 Å². The van der Waals surface area contributed by atoms with E-state index < -0.39 is 0 Å². The average Bonchev–Trinajstić information content (AvgIpc) is 2.84. The van der Waals surface area contributed by atoms with Gasteiger partial charge in [0.05, 0.1) is 6.04 Å². The van der Waals surface area contributed by atoms with Crippen molar-refractivity contribution < 1.29 is 0 Å². The Morgan fingerprint density at radius 3 is 2.76 bits per heavy atom. The lowest BCUT2D eigenvalue weighted by atomic mass is 9.96. The summed E-state index contributed by atoms with van der Waals surface area (Å²) in [4.78, 5) is 5.91. The van der Waals surface area contributed by atoms with Gasteiger partial charge in [0.2, 0.25) is 4.80 Å². The van der Waals surface area contributed by atoms with Crippen molar-refractivity contribution in [3.63, 3.8) is 0 Å². The molecule has 0 bridgehead atoms. The molecule has 0 atom stereocenters. The van der Waals surface area contributed by atoms with E-state index in [1.54, 1.807) is 11.3 Å². The molecule has 3 rings (SSSR count). The molecule has 21 heavy (non-hydrogen) atoms. The lowest BCUT2D eigenvalue weighted by molar-refractivity contribution is 0.434. The second kappa shape index (κ2) is 6.32. The molecule has 0 unspecified atom stereocenters. The summed E-state index contributed by atoms with van der Waals surface area (Å²) in [6, 6.07) is 6.53. The Balaban J connectivity index is 1.93. The van der Waals surface area contributed by atoms with Gasteiger partial charge in [-0.1, -0.05) is 48.3 Å². The highest BCUT2D eigenvalue weighted by Crippen LogP contribution is 2.25. The molecule has 1 saturated carbocycles. The quantitative estimate of drug-likeness (QED) is 0.809. The first-order chi connectivity index (χ1) is 10.1. The van der Waals surface area contributed by atoms with E-state index in [2.05, 4.69) is 11.2 Å². The van der Waals surface area contributed by atoms with Gasteiger partial charge in [-0.25, -0.2) is 4.68 Å². The van der Waals surface area contributed by atoms with E-state index in [9.17, 15) is 0 Å². The molecular weight excluding hydrogens is 302 g/mol. The molecule has 0 spiro atoms. The average molecular weight is 322 g/mol. The minimum atomic E-state index is 0.477. The first-order valence-electron chi connectivity index (χ1n) is 7.48. The Labute approximate surface area is 134 Å². The van der Waals surface area contributed by atoms with Gasteiger partial charge in [-0.05, 0) is 37.5 Å². The molecule has 0 amide bonds. The third-order valence-electron chi connectivity index (χ3n) is 3.98. The predicted octanol–water partition coefficient (Wildman–Crippen LogP) is 4.34. The Morgan fingerprint density at radius 2 is 2.05 bits per heavy atom. The van der Waals surface area contributed by atoms with Crippen LogP contribution < -0.4 is 4.80 Å². The zero-order chi connectivity index (χ0) is 14.8. The fourth-order valence-electron chi connectivity index (χ4n) is 2.72. The molecule has 1 aliphatic carbocycles. The van der Waals surface area contributed by atoms with Gasteiger partial charge < -0.3 is 0 Å². The van der Waals surface area contributed by atoms with E-state index in [1.807, 2.05) is 30.8 Å². The van der Waals surface area contributed by atoms with Gasteiger partial charge in [0, 0.05) is 17.6 Å². The van der Waals surface area contributed by atoms with E-state index in [-0.39, 0.29) is 0 Å². The molecule has 1 aromatic carbocycles. The van der Waals surface area contributed by atoms with Crippen molar-refractivity contribution in [2.45, 2.75) is 45.1 Å². The lowest BCUT2D eigenvalue weighted by Crippen LogP contribution is -2.18. The molecule has 3 nitrogen and oxygen atoms in total. The first kappa shape index (κ1) is 14.8. The summed E-state index contributed by atoms with van der Waals surface area (Å²) in [7, 11) is 1.98. The maximum absolute atomic E-state index is 6.09. The van der Waals surface area contributed by atoms with Crippen LogP contribution in [0, 0.1) is 6.92 Å². The van der Waals surface area contributed by atoms with Crippen LogP contribution in [0.2, 0.25) is 5.02 Å². The summed E-state index contributed by atoms with van der Waals surface area (Å²) in [6.07, 6.45) is 6.40. The minimum absolute atomic E-state index is 0.477. The molecule has 1 fully saturated rings. The summed E-state index contributed by atoms with van der Waals surface area (Å²) >= 11 is 7.76. The smallest absolute Gasteiger partial charge is 0.203 e. The van der Waals surface area contributed by atoms with E-state index in [0.29, 0.717) is 6.04 Å². The molecule has 0 radical (unpaired) electrons. The number of hydrogen-bond donors (Lipinski definition) is 0. The van der Waals surface area contributed by atoms with Gasteiger partial charge in [-0.3, -0.25) is 4.99 Å². The molecule has 0 N–H and O–H groups in total. The van der Waals surface area contributed by atoms with Crippen molar-refractivity contribution in [2.24, 2.45) is 12.0 Å². The van der Waals surface area contributed by atoms with Gasteiger partial charge >= 0.3 is 0 Å². The van der Waals surface area contributed by atoms with Crippen molar-refractivity contribution >= 4 is 22.9 Å². The van der Waals surface area contributed by atoms with Gasteiger partial charge in [0.25, 0.3) is 0 Å². The molecule has 0 saturated heterocycles. The normalized spacial score (nSPS) is 17.4. The van der Waals surface area contributed by atoms with Crippen molar-refractivity contribution in [1.82, 2.24) is 9.78 Å². The Kier molecular flexibility index (Phi) is 4.45. The zero-order valence-corrected chi connectivity index (χ0v) is 14.0. The lowest BCUT2D eigenvalue weighted by Gasteiger charge is -2.16. The number of aryl methyl sites for hydroxylation is 2. The Morgan fingerprint density at radius 1 is 1.29 bits per heavy atom. The van der Waals surface area contributed by atoms with Crippen LogP contribution in [0.4, 0.5) is 0 Å². The summed E-state index contributed by atoms with van der Waals surface area (Å²) in [6.45, 7) is 2.02. The standard InChI is InChI=1S/C16H20ClN3S/c1-11-10-12(8-9-14(11)17)15-19-20(2)16(21-15)18-13-6-4-3-5-7-13/h8-10,13H,3-7H2,1-2H3/b18-16+. The van der Waals surface area contributed by atoms with Gasteiger partial charge in [0.1, 0.15) is 5.01 Å². The zero-order valence-electron chi connectivity index (χ0n) is 12.5. The maximum atomic E-state index is 6.09. The number of benzene rings is 1. The molecule has 1 aromatic heterocycles. The third-order valence-corrected chi connectivity index (χ3v) is 5.47. The minimum Gasteiger partial charge on any atom is -0.254 e. The molecular formula is C16H20ClN3S. The van der Waals surface area contributed by atoms with Crippen LogP contribution in [0.3, 0.4) is 0 Å². The fourth-order valence-corrected chi connectivity index (χ4v) is 3.80. The summed E-state index contributed by atoms with van der Waals surface area (Å²) in [5.41, 5.74) is 2.19. The van der Waals surface area contributed by atoms with Crippen LogP contribution in [0.5, 0.6) is 0 Å². The van der Waals surface area contributed by atoms with Crippen molar-refractivity contribution in [3.05, 3.63) is 33.6 Å². The highest BCUT2D eigenvalue weighted by molar-refractivity contribution is 7.12. The largest absolute Gasteiger partial charge is 0.254 e. The Bertz CT molecular complexity index is 696. The molecule has 112 valence electrons. The summed E-state index contributed by atoms with van der Waals surface area (Å²) in [5, 5.41) is 6.42. The van der Waals surface area contributed by atoms with Crippen LogP contribution in [0.25, 0.3) is 10.6 Å². The molecule has 1 heterocycles. The van der Waals surface area contributed by atoms with Gasteiger partial charge in [0.15, 0.2) is 0 Å². The van der Waals surface area contributed by atoms with E-state index in [4.69, 9.17) is 16.6 Å². The number of nitrogens with zero attached hydrogens (tertiary/aromatic N) is 3. The molecule has 5 heteroatoms. The van der Waals surface area contributed by atoms with Crippen LogP contribution in [0.1, 0.15) is 37.7 Å². The number of aromatic nitrogens is 2. The van der Waals surface area contributed by atoms with Crippen molar-refractivity contribution in [2.75, 3.05) is 0 Å². The Hall–Kier alpha value is -1.13. The van der Waals surface area contributed by atoms with E-state index >= 15 is 0 Å². The summed E-state index contributed by atoms with van der Waals surface area (Å²) in [5.74, 6) is 0. The van der Waals surface area contributed by atoms with Crippen LogP contribution in [-0.2, 0) is 7.05 Å². The fraction of sp³-hybridized carbons (Fsp3) is 0.500. The van der Waals surface area contributed by atoms with Gasteiger partial charge in [-0.2, -0.15) is 5.10 Å². The first-order valence-corrected chi connectivity index (χ1v) is 8.67. The number of hydrogen-bond acceptors (Lipinski definition) is 3. The maximum Gasteiger partial charge on any atom is 0.203 e. The van der Waals surface area contributed by atoms with Crippen LogP contribution >= 0.6 is 22.9 Å². The van der Waals surface area contributed by atoms with E-state index in [1.165, 1.54) is 32.1 Å². The van der Waals surface area contributed by atoms with E-state index in [0.717, 1.165) is 26.0 Å². The second-order valence-electron chi connectivity index (χ2n) is 5.70. The highest BCUT2D eigenvalue weighted by atomic mass is 35.5. The molecule has 1 aliphatic rings. The third kappa shape index (κ3) is 3.38. The predicted molar refractivity (Wildman–Crippen MR) is 88.7 cm³/mol. The highest BCUT2D eigenvalue weighted by Gasteiger charge is 2.13. The second-order valence-corrected chi connectivity index (χ2v) is 7.06. The molecule has 2 aromatic rings. The van der Waals surface area contributed by atoms with Gasteiger partial charge in [-0.15, -0.1) is 0 Å². The molecule has 0 aliphatic heterocycles. The van der Waals surface area contributed by atoms with Crippen LogP contribution in [0.15, 0.2) is 23.2 Å². The monoisotopic (exact) mass is 321 g/mol. The topological polar surface area (TPSA) is 30.2 Å². The van der Waals surface area contributed by atoms with Crippen LogP contribution in [-0.4, -0.2) is 15.8 Å². The number of halogens is 1. The SMILES string of the molecule is Cc1cc(-c2nn(C)/c(=N\C3CCCCC3)s2)ccc1Cl. The number of rotatable bonds is 2. The van der Waals surface area contributed by atoms with Crippen molar-refractivity contribution in [1.29, 1.82) is 0 Å². The summed E-state index contributed by atoms with van der Waals surface area (Å²) < 4.78 is 1.90.